The molecule has 136 valence electrons. The zero-order valence-electron chi connectivity index (χ0n) is 13.8. The Bertz CT molecular complexity index is 838. The molecule has 2 aromatic carbocycles. The van der Waals surface area contributed by atoms with Crippen molar-refractivity contribution in [1.29, 1.82) is 0 Å². The van der Waals surface area contributed by atoms with Crippen molar-refractivity contribution >= 4 is 29.2 Å². The van der Waals surface area contributed by atoms with Crippen molar-refractivity contribution in [2.75, 3.05) is 31.5 Å². The molecule has 26 heavy (non-hydrogen) atoms. The molecule has 3 rings (SSSR count). The number of benzene rings is 2. The molecule has 2 N–H and O–H groups in total. The molecule has 1 saturated heterocycles. The maximum Gasteiger partial charge on any atom is 0.322 e. The summed E-state index contributed by atoms with van der Waals surface area (Å²) in [6, 6.07) is 9.90. The van der Waals surface area contributed by atoms with Crippen LogP contribution in [0.2, 0.25) is 5.02 Å². The molecule has 0 unspecified atom stereocenters. The van der Waals surface area contributed by atoms with Crippen LogP contribution in [0, 0.1) is 5.82 Å². The van der Waals surface area contributed by atoms with Crippen LogP contribution in [0.3, 0.4) is 0 Å². The number of carbonyl (C=O) groups excluding carboxylic acids is 2. The van der Waals surface area contributed by atoms with Gasteiger partial charge in [-0.1, -0.05) is 23.7 Å². The fourth-order valence-corrected chi connectivity index (χ4v) is 2.88. The standard InChI is InChI=1S/C18H17ClFN3O3/c19-12-5-6-15(14(20)11-12)21-18(26)23-9-7-22(8-10-23)17(25)13-3-1-2-4-16(13)24/h1-6,11,24H,7-10H2,(H,21,26). The number of halogens is 2. The first-order valence-electron chi connectivity index (χ1n) is 8.04. The van der Waals surface area contributed by atoms with E-state index in [0.717, 1.165) is 6.07 Å². The number of aromatic hydroxyl groups is 1. The van der Waals surface area contributed by atoms with Crippen molar-refractivity contribution < 1.29 is 19.1 Å². The van der Waals surface area contributed by atoms with Gasteiger partial charge in [0, 0.05) is 31.2 Å². The summed E-state index contributed by atoms with van der Waals surface area (Å²) >= 11 is 5.69. The van der Waals surface area contributed by atoms with Crippen LogP contribution in [0.4, 0.5) is 14.9 Å². The number of amides is 3. The fourth-order valence-electron chi connectivity index (χ4n) is 2.72. The molecule has 0 spiro atoms. The summed E-state index contributed by atoms with van der Waals surface area (Å²) in [6.07, 6.45) is 0. The van der Waals surface area contributed by atoms with Crippen molar-refractivity contribution in [2.24, 2.45) is 0 Å². The van der Waals surface area contributed by atoms with Gasteiger partial charge in [-0.3, -0.25) is 4.79 Å². The number of phenols is 1. The van der Waals surface area contributed by atoms with E-state index in [-0.39, 0.29) is 27.9 Å². The van der Waals surface area contributed by atoms with Gasteiger partial charge in [0.25, 0.3) is 5.91 Å². The average Bonchev–Trinajstić information content (AvgIpc) is 2.64. The van der Waals surface area contributed by atoms with Gasteiger partial charge in [0.1, 0.15) is 11.6 Å². The van der Waals surface area contributed by atoms with E-state index in [2.05, 4.69) is 5.32 Å². The molecule has 3 amide bonds. The molecule has 0 atom stereocenters. The second kappa shape index (κ2) is 7.61. The van der Waals surface area contributed by atoms with E-state index in [1.54, 1.807) is 23.1 Å². The Morgan fingerprint density at radius 2 is 1.69 bits per heavy atom. The van der Waals surface area contributed by atoms with Crippen molar-refractivity contribution in [2.45, 2.75) is 0 Å². The number of nitrogens with one attached hydrogen (secondary N) is 1. The Hall–Kier alpha value is -2.80. The van der Waals surface area contributed by atoms with E-state index >= 15 is 0 Å². The zero-order chi connectivity index (χ0) is 18.7. The van der Waals surface area contributed by atoms with Gasteiger partial charge in [-0.05, 0) is 30.3 Å². The Labute approximate surface area is 154 Å². The molecule has 1 fully saturated rings. The second-order valence-corrected chi connectivity index (χ2v) is 6.29. The minimum Gasteiger partial charge on any atom is -0.507 e. The number of urea groups is 1. The quantitative estimate of drug-likeness (QED) is 0.844. The minimum atomic E-state index is -0.612. The summed E-state index contributed by atoms with van der Waals surface area (Å²) < 4.78 is 13.8. The highest BCUT2D eigenvalue weighted by Gasteiger charge is 2.26. The number of phenolic OH excluding ortho intramolecular Hbond substituents is 1. The third-order valence-corrected chi connectivity index (χ3v) is 4.40. The zero-order valence-corrected chi connectivity index (χ0v) is 14.5. The lowest BCUT2D eigenvalue weighted by Crippen LogP contribution is -2.51. The lowest BCUT2D eigenvalue weighted by molar-refractivity contribution is 0.0668. The molecule has 0 saturated carbocycles. The molecular formula is C18H17ClFN3O3. The summed E-state index contributed by atoms with van der Waals surface area (Å²) in [5.41, 5.74) is 0.278. The van der Waals surface area contributed by atoms with Gasteiger partial charge in [-0.15, -0.1) is 0 Å². The van der Waals surface area contributed by atoms with Crippen LogP contribution in [0.1, 0.15) is 10.4 Å². The summed E-state index contributed by atoms with van der Waals surface area (Å²) in [7, 11) is 0. The van der Waals surface area contributed by atoms with E-state index in [0.29, 0.717) is 26.2 Å². The first-order valence-corrected chi connectivity index (χ1v) is 8.42. The lowest BCUT2D eigenvalue weighted by Gasteiger charge is -2.34. The van der Waals surface area contributed by atoms with Gasteiger partial charge in [0.15, 0.2) is 0 Å². The fraction of sp³-hybridized carbons (Fsp3) is 0.222. The molecular weight excluding hydrogens is 361 g/mol. The minimum absolute atomic E-state index is 0.0483. The number of nitrogens with zero attached hydrogens (tertiary/aromatic N) is 2. The maximum atomic E-state index is 13.8. The molecule has 0 aliphatic carbocycles. The molecule has 8 heteroatoms. The number of hydrogen-bond acceptors (Lipinski definition) is 3. The number of para-hydroxylation sites is 1. The van der Waals surface area contributed by atoms with Crippen LogP contribution in [0.25, 0.3) is 0 Å². The smallest absolute Gasteiger partial charge is 0.322 e. The normalized spacial score (nSPS) is 14.2. The largest absolute Gasteiger partial charge is 0.507 e. The highest BCUT2D eigenvalue weighted by molar-refractivity contribution is 6.30. The van der Waals surface area contributed by atoms with Crippen LogP contribution in [0.5, 0.6) is 5.75 Å². The summed E-state index contributed by atoms with van der Waals surface area (Å²) in [6.45, 7) is 1.26. The van der Waals surface area contributed by atoms with Gasteiger partial charge >= 0.3 is 6.03 Å². The van der Waals surface area contributed by atoms with Gasteiger partial charge in [-0.2, -0.15) is 0 Å². The second-order valence-electron chi connectivity index (χ2n) is 5.85. The molecule has 0 radical (unpaired) electrons. The predicted octanol–water partition coefficient (Wildman–Crippen LogP) is 3.17. The molecule has 1 aliphatic rings. The van der Waals surface area contributed by atoms with Crippen LogP contribution < -0.4 is 5.32 Å². The summed E-state index contributed by atoms with van der Waals surface area (Å²) in [5, 5.41) is 12.5. The number of carbonyl (C=O) groups is 2. The Morgan fingerprint density at radius 3 is 2.35 bits per heavy atom. The number of anilines is 1. The Morgan fingerprint density at radius 1 is 1.04 bits per heavy atom. The Kier molecular flexibility index (Phi) is 5.27. The monoisotopic (exact) mass is 377 g/mol. The van der Waals surface area contributed by atoms with Crippen molar-refractivity contribution in [3.63, 3.8) is 0 Å². The van der Waals surface area contributed by atoms with Gasteiger partial charge in [0.05, 0.1) is 11.3 Å². The molecule has 2 aromatic rings. The number of rotatable bonds is 2. The molecule has 1 heterocycles. The van der Waals surface area contributed by atoms with E-state index < -0.39 is 11.8 Å². The highest BCUT2D eigenvalue weighted by atomic mass is 35.5. The van der Waals surface area contributed by atoms with Crippen molar-refractivity contribution in [1.82, 2.24) is 9.80 Å². The molecule has 0 bridgehead atoms. The van der Waals surface area contributed by atoms with Crippen LogP contribution in [0.15, 0.2) is 42.5 Å². The average molecular weight is 378 g/mol. The van der Waals surface area contributed by atoms with Crippen LogP contribution in [-0.4, -0.2) is 53.0 Å². The third-order valence-electron chi connectivity index (χ3n) is 4.16. The van der Waals surface area contributed by atoms with Gasteiger partial charge in [0.2, 0.25) is 0 Å². The van der Waals surface area contributed by atoms with E-state index in [4.69, 9.17) is 11.6 Å². The summed E-state index contributed by atoms with van der Waals surface area (Å²) in [5.74, 6) is -0.970. The van der Waals surface area contributed by atoms with Crippen molar-refractivity contribution in [3.05, 3.63) is 58.9 Å². The van der Waals surface area contributed by atoms with E-state index in [9.17, 15) is 19.1 Å². The lowest BCUT2D eigenvalue weighted by atomic mass is 10.1. The third kappa shape index (κ3) is 3.88. The SMILES string of the molecule is O=C(Nc1ccc(Cl)cc1F)N1CCN(C(=O)c2ccccc2O)CC1. The van der Waals surface area contributed by atoms with E-state index in [1.165, 1.54) is 23.1 Å². The Balaban J connectivity index is 1.59. The number of hydrogen-bond donors (Lipinski definition) is 2. The van der Waals surface area contributed by atoms with Crippen LogP contribution >= 0.6 is 11.6 Å². The first kappa shape index (κ1) is 18.0. The van der Waals surface area contributed by atoms with E-state index in [1.807, 2.05) is 0 Å². The molecule has 6 nitrogen and oxygen atoms in total. The summed E-state index contributed by atoms with van der Waals surface area (Å²) in [4.78, 5) is 27.8. The highest BCUT2D eigenvalue weighted by Crippen LogP contribution is 2.21. The van der Waals surface area contributed by atoms with Gasteiger partial charge in [-0.25, -0.2) is 9.18 Å². The van der Waals surface area contributed by atoms with Crippen LogP contribution in [-0.2, 0) is 0 Å². The van der Waals surface area contributed by atoms with Crippen molar-refractivity contribution in [3.8, 4) is 5.75 Å². The topological polar surface area (TPSA) is 72.9 Å². The molecule has 1 aliphatic heterocycles. The first-order chi connectivity index (χ1) is 12.5. The molecule has 0 aromatic heterocycles. The van der Waals surface area contributed by atoms with Gasteiger partial charge < -0.3 is 20.2 Å². The predicted molar refractivity (Wildman–Crippen MR) is 96.0 cm³/mol. The maximum absolute atomic E-state index is 13.8. The number of piperazine rings is 1.